The molecule has 2 aromatic rings. The number of thioether (sulfide) groups is 1. The van der Waals surface area contributed by atoms with E-state index < -0.39 is 10.0 Å². The highest BCUT2D eigenvalue weighted by atomic mass is 35.5. The van der Waals surface area contributed by atoms with Crippen LogP contribution in [0.3, 0.4) is 0 Å². The molecule has 1 N–H and O–H groups in total. The molecule has 1 aliphatic heterocycles. The molecule has 3 fully saturated rings. The summed E-state index contributed by atoms with van der Waals surface area (Å²) >= 11 is 7.59. The van der Waals surface area contributed by atoms with Crippen LogP contribution >= 0.6 is 23.4 Å². The zero-order chi connectivity index (χ0) is 22.3. The van der Waals surface area contributed by atoms with E-state index in [9.17, 15) is 13.2 Å². The van der Waals surface area contributed by atoms with Gasteiger partial charge in [0.25, 0.3) is 0 Å². The highest BCUT2D eigenvalue weighted by Crippen LogP contribution is 2.46. The molecule has 172 valence electrons. The van der Waals surface area contributed by atoms with Crippen molar-refractivity contribution in [3.05, 3.63) is 29.0 Å². The van der Waals surface area contributed by atoms with E-state index in [1.807, 2.05) is 0 Å². The number of hydrogen-bond donors (Lipinski definition) is 1. The van der Waals surface area contributed by atoms with Crippen LogP contribution in [0, 0.1) is 0 Å². The molecular formula is C21H26ClN5O3S2. The summed E-state index contributed by atoms with van der Waals surface area (Å²) < 4.78 is 29.7. The van der Waals surface area contributed by atoms with Gasteiger partial charge in [0.2, 0.25) is 15.9 Å². The molecule has 0 bridgehead atoms. The number of benzene rings is 1. The minimum absolute atomic E-state index is 0.0362. The summed E-state index contributed by atoms with van der Waals surface area (Å²) in [5.41, 5.74) is 0.415. The predicted octanol–water partition coefficient (Wildman–Crippen LogP) is 4.05. The molecule has 1 aromatic heterocycles. The summed E-state index contributed by atoms with van der Waals surface area (Å²) in [6.45, 7) is 0.993. The van der Waals surface area contributed by atoms with Gasteiger partial charge in [-0.2, -0.15) is 4.31 Å². The maximum Gasteiger partial charge on any atom is 0.244 e. The molecule has 0 spiro atoms. The molecule has 3 aliphatic rings. The summed E-state index contributed by atoms with van der Waals surface area (Å²) in [5.74, 6) is 1.52. The number of halogens is 1. The van der Waals surface area contributed by atoms with Gasteiger partial charge in [0.05, 0.1) is 10.8 Å². The Balaban J connectivity index is 1.26. The molecule has 1 amide bonds. The Kier molecular flexibility index (Phi) is 6.21. The van der Waals surface area contributed by atoms with Crippen LogP contribution in [-0.2, 0) is 14.8 Å². The molecule has 0 radical (unpaired) electrons. The molecule has 0 unspecified atom stereocenters. The first-order chi connectivity index (χ1) is 15.4. The number of nitrogens with zero attached hydrogens (tertiary/aromatic N) is 4. The number of amides is 1. The third kappa shape index (κ3) is 4.69. The van der Waals surface area contributed by atoms with E-state index >= 15 is 0 Å². The predicted molar refractivity (Wildman–Crippen MR) is 124 cm³/mol. The molecule has 8 nitrogen and oxygen atoms in total. The average Bonchev–Trinajstić information content (AvgIpc) is 3.73. The SMILES string of the molecule is O=C(CSc1nnc(C2CC2)n1C1CC1)Nc1ccc(Cl)c(S(=O)(=O)N2CCCCC2)c1. The number of carbonyl (C=O) groups is 1. The first-order valence-corrected chi connectivity index (χ1v) is 13.9. The molecule has 32 heavy (non-hydrogen) atoms. The molecule has 2 aliphatic carbocycles. The van der Waals surface area contributed by atoms with Crippen LogP contribution in [0.2, 0.25) is 5.02 Å². The number of anilines is 1. The second-order valence-corrected chi connectivity index (χ2v) is 11.9. The van der Waals surface area contributed by atoms with E-state index in [1.54, 1.807) is 6.07 Å². The van der Waals surface area contributed by atoms with Crippen LogP contribution in [0.25, 0.3) is 0 Å². The summed E-state index contributed by atoms with van der Waals surface area (Å²) in [6.07, 6.45) is 7.32. The van der Waals surface area contributed by atoms with Crippen molar-refractivity contribution >= 4 is 45.0 Å². The normalized spacial score (nSPS) is 19.8. The zero-order valence-electron chi connectivity index (χ0n) is 17.7. The molecule has 11 heteroatoms. The number of piperidine rings is 1. The van der Waals surface area contributed by atoms with E-state index in [0.717, 1.165) is 55.9 Å². The molecule has 1 saturated heterocycles. The van der Waals surface area contributed by atoms with Crippen LogP contribution in [0.1, 0.15) is 62.7 Å². The third-order valence-electron chi connectivity index (χ3n) is 6.03. The minimum Gasteiger partial charge on any atom is -0.325 e. The topological polar surface area (TPSA) is 97.2 Å². The first-order valence-electron chi connectivity index (χ1n) is 11.1. The molecule has 5 rings (SSSR count). The van der Waals surface area contributed by atoms with Crippen LogP contribution in [0.4, 0.5) is 5.69 Å². The van der Waals surface area contributed by atoms with Crippen molar-refractivity contribution < 1.29 is 13.2 Å². The first kappa shape index (κ1) is 22.2. The van der Waals surface area contributed by atoms with E-state index in [1.165, 1.54) is 28.2 Å². The molecule has 2 saturated carbocycles. The van der Waals surface area contributed by atoms with Crippen molar-refractivity contribution in [3.63, 3.8) is 0 Å². The second kappa shape index (κ2) is 8.96. The van der Waals surface area contributed by atoms with Crippen LogP contribution < -0.4 is 5.32 Å². The summed E-state index contributed by atoms with van der Waals surface area (Å²) in [6, 6.07) is 5.06. The Morgan fingerprint density at radius 3 is 2.56 bits per heavy atom. The fourth-order valence-electron chi connectivity index (χ4n) is 4.03. The number of carbonyl (C=O) groups excluding carboxylic acids is 1. The number of sulfonamides is 1. The largest absolute Gasteiger partial charge is 0.325 e. The van der Waals surface area contributed by atoms with E-state index in [0.29, 0.717) is 30.7 Å². The van der Waals surface area contributed by atoms with E-state index in [2.05, 4.69) is 20.1 Å². The number of aromatic nitrogens is 3. The highest BCUT2D eigenvalue weighted by molar-refractivity contribution is 7.99. The van der Waals surface area contributed by atoms with Gasteiger partial charge >= 0.3 is 0 Å². The van der Waals surface area contributed by atoms with Crippen molar-refractivity contribution in [2.75, 3.05) is 24.2 Å². The third-order valence-corrected chi connectivity index (χ3v) is 9.35. The lowest BCUT2D eigenvalue weighted by Crippen LogP contribution is -2.35. The van der Waals surface area contributed by atoms with Crippen molar-refractivity contribution in [2.45, 2.75) is 67.0 Å². The monoisotopic (exact) mass is 495 g/mol. The van der Waals surface area contributed by atoms with Crippen molar-refractivity contribution in [1.82, 2.24) is 19.1 Å². The zero-order valence-corrected chi connectivity index (χ0v) is 20.1. The van der Waals surface area contributed by atoms with Gasteiger partial charge in [0, 0.05) is 30.7 Å². The maximum atomic E-state index is 13.0. The summed E-state index contributed by atoms with van der Waals surface area (Å²) in [4.78, 5) is 12.6. The second-order valence-electron chi connectivity index (χ2n) is 8.66. The maximum absolute atomic E-state index is 13.0. The Bertz CT molecular complexity index is 1120. The Hall–Kier alpha value is -1.62. The minimum atomic E-state index is -3.69. The number of rotatable bonds is 8. The standard InChI is InChI=1S/C21H26ClN5O3S2/c22-17-9-6-15(12-18(17)32(29,30)26-10-2-1-3-11-26)23-19(28)13-31-21-25-24-20(14-4-5-14)27(21)16-7-8-16/h6,9,12,14,16H,1-5,7-8,10-11,13H2,(H,23,28). The lowest BCUT2D eigenvalue weighted by molar-refractivity contribution is -0.113. The van der Waals surface area contributed by atoms with Gasteiger partial charge in [-0.15, -0.1) is 10.2 Å². The van der Waals surface area contributed by atoms with Crippen molar-refractivity contribution in [2.24, 2.45) is 0 Å². The molecule has 0 atom stereocenters. The number of nitrogens with one attached hydrogen (secondary N) is 1. The van der Waals surface area contributed by atoms with Crippen LogP contribution in [0.15, 0.2) is 28.3 Å². The van der Waals surface area contributed by atoms with Gasteiger partial charge in [0.15, 0.2) is 5.16 Å². The Labute approximate surface area is 197 Å². The van der Waals surface area contributed by atoms with Gasteiger partial charge in [-0.25, -0.2) is 8.42 Å². The molecular weight excluding hydrogens is 470 g/mol. The van der Waals surface area contributed by atoms with Crippen molar-refractivity contribution in [1.29, 1.82) is 0 Å². The Morgan fingerprint density at radius 2 is 1.88 bits per heavy atom. The smallest absolute Gasteiger partial charge is 0.244 e. The fraction of sp³-hybridized carbons (Fsp3) is 0.571. The van der Waals surface area contributed by atoms with Gasteiger partial charge in [-0.05, 0) is 56.7 Å². The van der Waals surface area contributed by atoms with E-state index in [-0.39, 0.29) is 21.6 Å². The molecule has 1 aromatic carbocycles. The lowest BCUT2D eigenvalue weighted by atomic mass is 10.2. The van der Waals surface area contributed by atoms with Crippen LogP contribution in [-0.4, -0.2) is 52.2 Å². The average molecular weight is 496 g/mol. The van der Waals surface area contributed by atoms with Gasteiger partial charge < -0.3 is 9.88 Å². The fourth-order valence-corrected chi connectivity index (χ4v) is 6.86. The quantitative estimate of drug-likeness (QED) is 0.555. The van der Waals surface area contributed by atoms with Gasteiger partial charge in [-0.3, -0.25) is 4.79 Å². The van der Waals surface area contributed by atoms with E-state index in [4.69, 9.17) is 11.6 Å². The summed E-state index contributed by atoms with van der Waals surface area (Å²) in [7, 11) is -3.69. The summed E-state index contributed by atoms with van der Waals surface area (Å²) in [5, 5.41) is 12.4. The van der Waals surface area contributed by atoms with Crippen LogP contribution in [0.5, 0.6) is 0 Å². The molecule has 2 heterocycles. The number of hydrogen-bond acceptors (Lipinski definition) is 6. The Morgan fingerprint density at radius 1 is 1.12 bits per heavy atom. The lowest BCUT2D eigenvalue weighted by Gasteiger charge is -2.26. The highest BCUT2D eigenvalue weighted by Gasteiger charge is 2.36. The van der Waals surface area contributed by atoms with Crippen molar-refractivity contribution in [3.8, 4) is 0 Å². The van der Waals surface area contributed by atoms with Gasteiger partial charge in [-0.1, -0.05) is 29.8 Å². The van der Waals surface area contributed by atoms with Gasteiger partial charge in [0.1, 0.15) is 10.7 Å².